The Balaban J connectivity index is 2.02. The van der Waals surface area contributed by atoms with Gasteiger partial charge in [0, 0.05) is 18.6 Å². The lowest BCUT2D eigenvalue weighted by atomic mass is 10.0. The van der Waals surface area contributed by atoms with Gasteiger partial charge in [-0.15, -0.1) is 0 Å². The van der Waals surface area contributed by atoms with Crippen LogP contribution in [0.15, 0.2) is 29.3 Å². The van der Waals surface area contributed by atoms with Crippen molar-refractivity contribution >= 4 is 18.1 Å². The van der Waals surface area contributed by atoms with Crippen molar-refractivity contribution in [3.8, 4) is 0 Å². The average molecular weight is 278 g/mol. The number of hydrogen-bond acceptors (Lipinski definition) is 6. The molecule has 0 fully saturated rings. The van der Waals surface area contributed by atoms with Crippen LogP contribution < -0.4 is 0 Å². The van der Waals surface area contributed by atoms with Crippen molar-refractivity contribution in [3.63, 3.8) is 0 Å². The SMILES string of the molecule is CCOC(=O)C1N=COC1Cc1ccc([N+](=O)[O-])cc1. The van der Waals surface area contributed by atoms with Gasteiger partial charge in [-0.25, -0.2) is 9.79 Å². The highest BCUT2D eigenvalue weighted by atomic mass is 16.6. The fourth-order valence-corrected chi connectivity index (χ4v) is 1.94. The molecule has 0 bridgehead atoms. The Kier molecular flexibility index (Phi) is 4.29. The van der Waals surface area contributed by atoms with Gasteiger partial charge in [-0.3, -0.25) is 10.1 Å². The zero-order valence-corrected chi connectivity index (χ0v) is 10.9. The normalized spacial score (nSPS) is 20.4. The quantitative estimate of drug-likeness (QED) is 0.462. The highest BCUT2D eigenvalue weighted by Crippen LogP contribution is 2.19. The summed E-state index contributed by atoms with van der Waals surface area (Å²) in [7, 11) is 0. The Morgan fingerprint density at radius 1 is 1.45 bits per heavy atom. The maximum atomic E-state index is 11.7. The third kappa shape index (κ3) is 3.11. The summed E-state index contributed by atoms with van der Waals surface area (Å²) < 4.78 is 10.2. The number of rotatable bonds is 5. The molecule has 7 heteroatoms. The van der Waals surface area contributed by atoms with E-state index in [0.29, 0.717) is 6.42 Å². The lowest BCUT2D eigenvalue weighted by molar-refractivity contribution is -0.384. The molecule has 1 aromatic carbocycles. The molecule has 7 nitrogen and oxygen atoms in total. The molecule has 1 aromatic rings. The molecule has 0 saturated carbocycles. The number of ether oxygens (including phenoxy) is 2. The monoisotopic (exact) mass is 278 g/mol. The van der Waals surface area contributed by atoms with Crippen molar-refractivity contribution in [2.75, 3.05) is 6.61 Å². The molecule has 0 aliphatic carbocycles. The molecule has 20 heavy (non-hydrogen) atoms. The molecule has 2 rings (SSSR count). The second-order valence-electron chi connectivity index (χ2n) is 4.25. The summed E-state index contributed by atoms with van der Waals surface area (Å²) in [6.07, 6.45) is 1.24. The number of carbonyl (C=O) groups is 1. The van der Waals surface area contributed by atoms with E-state index in [1.165, 1.54) is 18.5 Å². The third-order valence-corrected chi connectivity index (χ3v) is 2.92. The van der Waals surface area contributed by atoms with E-state index in [9.17, 15) is 14.9 Å². The van der Waals surface area contributed by atoms with Crippen molar-refractivity contribution < 1.29 is 19.2 Å². The molecule has 1 heterocycles. The first kappa shape index (κ1) is 14.0. The standard InChI is InChI=1S/C13H14N2O5/c1-2-19-13(16)12-11(20-8-14-12)7-9-3-5-10(6-4-9)15(17)18/h3-6,8,11-12H,2,7H2,1H3. The van der Waals surface area contributed by atoms with Crippen molar-refractivity contribution in [2.24, 2.45) is 4.99 Å². The van der Waals surface area contributed by atoms with Crippen LogP contribution in [0.3, 0.4) is 0 Å². The molecule has 1 aliphatic heterocycles. The van der Waals surface area contributed by atoms with Gasteiger partial charge in [-0.1, -0.05) is 12.1 Å². The fourth-order valence-electron chi connectivity index (χ4n) is 1.94. The van der Waals surface area contributed by atoms with Crippen LogP contribution in [0.5, 0.6) is 0 Å². The van der Waals surface area contributed by atoms with E-state index >= 15 is 0 Å². The Hall–Kier alpha value is -2.44. The first-order valence-electron chi connectivity index (χ1n) is 6.19. The molecule has 106 valence electrons. The second-order valence-corrected chi connectivity index (χ2v) is 4.25. The zero-order valence-electron chi connectivity index (χ0n) is 10.9. The van der Waals surface area contributed by atoms with E-state index in [0.717, 1.165) is 5.56 Å². The maximum Gasteiger partial charge on any atom is 0.334 e. The van der Waals surface area contributed by atoms with Crippen LogP contribution in [-0.4, -0.2) is 36.0 Å². The first-order chi connectivity index (χ1) is 9.61. The van der Waals surface area contributed by atoms with Gasteiger partial charge in [0.25, 0.3) is 5.69 Å². The van der Waals surface area contributed by atoms with E-state index < -0.39 is 23.0 Å². The first-order valence-corrected chi connectivity index (χ1v) is 6.19. The van der Waals surface area contributed by atoms with Gasteiger partial charge in [-0.2, -0.15) is 0 Å². The van der Waals surface area contributed by atoms with Gasteiger partial charge < -0.3 is 9.47 Å². The molecule has 0 aromatic heterocycles. The minimum Gasteiger partial charge on any atom is -0.477 e. The van der Waals surface area contributed by atoms with Crippen LogP contribution >= 0.6 is 0 Å². The average Bonchev–Trinajstić information content (AvgIpc) is 2.88. The Labute approximate surface area is 115 Å². The van der Waals surface area contributed by atoms with Crippen LogP contribution in [0.1, 0.15) is 12.5 Å². The molecule has 0 saturated heterocycles. The maximum absolute atomic E-state index is 11.7. The lowest BCUT2D eigenvalue weighted by Gasteiger charge is -2.15. The predicted octanol–water partition coefficient (Wildman–Crippen LogP) is 1.50. The summed E-state index contributed by atoms with van der Waals surface area (Å²) >= 11 is 0. The molecule has 1 aliphatic rings. The van der Waals surface area contributed by atoms with Crippen molar-refractivity contribution in [3.05, 3.63) is 39.9 Å². The van der Waals surface area contributed by atoms with Crippen LogP contribution in [0.4, 0.5) is 5.69 Å². The fraction of sp³-hybridized carbons (Fsp3) is 0.385. The Morgan fingerprint density at radius 2 is 2.15 bits per heavy atom. The van der Waals surface area contributed by atoms with Gasteiger partial charge >= 0.3 is 5.97 Å². The van der Waals surface area contributed by atoms with E-state index in [-0.39, 0.29) is 12.3 Å². The number of nitrogens with zero attached hydrogens (tertiary/aromatic N) is 2. The molecule has 0 spiro atoms. The summed E-state index contributed by atoms with van der Waals surface area (Å²) in [5.41, 5.74) is 0.861. The largest absolute Gasteiger partial charge is 0.477 e. The number of esters is 1. The number of nitro benzene ring substituents is 1. The zero-order chi connectivity index (χ0) is 14.5. The molecule has 0 N–H and O–H groups in total. The van der Waals surface area contributed by atoms with E-state index in [2.05, 4.69) is 4.99 Å². The Bertz CT molecular complexity index is 526. The number of nitro groups is 1. The van der Waals surface area contributed by atoms with Crippen molar-refractivity contribution in [1.82, 2.24) is 0 Å². The number of hydrogen-bond donors (Lipinski definition) is 0. The topological polar surface area (TPSA) is 91.0 Å². The Morgan fingerprint density at radius 3 is 2.75 bits per heavy atom. The highest BCUT2D eigenvalue weighted by Gasteiger charge is 2.33. The van der Waals surface area contributed by atoms with Crippen LogP contribution in [0, 0.1) is 10.1 Å². The van der Waals surface area contributed by atoms with Crippen molar-refractivity contribution in [2.45, 2.75) is 25.5 Å². The lowest BCUT2D eigenvalue weighted by Crippen LogP contribution is -2.33. The van der Waals surface area contributed by atoms with Gasteiger partial charge in [-0.05, 0) is 12.5 Å². The number of benzene rings is 1. The summed E-state index contributed by atoms with van der Waals surface area (Å²) in [5.74, 6) is -0.423. The van der Waals surface area contributed by atoms with Crippen LogP contribution in [-0.2, 0) is 20.7 Å². The summed E-state index contributed by atoms with van der Waals surface area (Å²) in [5, 5.41) is 10.6. The second kappa shape index (κ2) is 6.14. The molecule has 0 radical (unpaired) electrons. The molecule has 2 unspecified atom stereocenters. The predicted molar refractivity (Wildman–Crippen MR) is 70.6 cm³/mol. The minimum absolute atomic E-state index is 0.0271. The van der Waals surface area contributed by atoms with E-state index in [1.54, 1.807) is 19.1 Å². The van der Waals surface area contributed by atoms with Crippen molar-refractivity contribution in [1.29, 1.82) is 0 Å². The molecule has 0 amide bonds. The summed E-state index contributed by atoms with van der Waals surface area (Å²) in [6, 6.07) is 5.45. The smallest absolute Gasteiger partial charge is 0.334 e. The molecular weight excluding hydrogens is 264 g/mol. The van der Waals surface area contributed by atoms with E-state index in [1.807, 2.05) is 0 Å². The van der Waals surface area contributed by atoms with Gasteiger partial charge in [0.2, 0.25) is 0 Å². The third-order valence-electron chi connectivity index (χ3n) is 2.92. The van der Waals surface area contributed by atoms with Crippen LogP contribution in [0.25, 0.3) is 0 Å². The minimum atomic E-state index is -0.676. The van der Waals surface area contributed by atoms with Gasteiger partial charge in [0.1, 0.15) is 6.10 Å². The number of carbonyl (C=O) groups excluding carboxylic acids is 1. The van der Waals surface area contributed by atoms with Gasteiger partial charge in [0.15, 0.2) is 12.4 Å². The summed E-state index contributed by atoms with van der Waals surface area (Å²) in [4.78, 5) is 25.7. The van der Waals surface area contributed by atoms with Crippen LogP contribution in [0.2, 0.25) is 0 Å². The number of non-ortho nitro benzene ring substituents is 1. The summed E-state index contributed by atoms with van der Waals surface area (Å²) in [6.45, 7) is 2.01. The molecule has 2 atom stereocenters. The van der Waals surface area contributed by atoms with E-state index in [4.69, 9.17) is 9.47 Å². The van der Waals surface area contributed by atoms with Gasteiger partial charge in [0.05, 0.1) is 11.5 Å². The highest BCUT2D eigenvalue weighted by molar-refractivity contribution is 5.79. The number of aliphatic imine (C=N–C) groups is 1. The molecular formula is C13H14N2O5.